The maximum atomic E-state index is 13.0. The van der Waals surface area contributed by atoms with Crippen LogP contribution in [0.2, 0.25) is 0 Å². The monoisotopic (exact) mass is 265 g/mol. The second-order valence-corrected chi connectivity index (χ2v) is 3.72. The fourth-order valence-corrected chi connectivity index (χ4v) is 1.52. The van der Waals surface area contributed by atoms with Gasteiger partial charge in [-0.15, -0.1) is 0 Å². The summed E-state index contributed by atoms with van der Waals surface area (Å²) in [5.74, 6) is -2.63. The van der Waals surface area contributed by atoms with Crippen LogP contribution in [-0.2, 0) is 6.61 Å². The van der Waals surface area contributed by atoms with Gasteiger partial charge in [-0.25, -0.2) is 18.6 Å². The molecule has 0 atom stereocenters. The smallest absolute Gasteiger partial charge is 0.358 e. The van der Waals surface area contributed by atoms with E-state index in [-0.39, 0.29) is 23.6 Å². The van der Waals surface area contributed by atoms with E-state index in [4.69, 9.17) is 9.84 Å². The van der Waals surface area contributed by atoms with Crippen LogP contribution in [0.1, 0.15) is 16.1 Å². The van der Waals surface area contributed by atoms with Crippen LogP contribution < -0.4 is 4.74 Å². The summed E-state index contributed by atoms with van der Waals surface area (Å²) in [4.78, 5) is 14.5. The van der Waals surface area contributed by atoms with E-state index in [9.17, 15) is 13.6 Å². The van der Waals surface area contributed by atoms with E-state index in [2.05, 4.69) is 4.98 Å². The van der Waals surface area contributed by atoms with Crippen molar-refractivity contribution in [3.05, 3.63) is 59.4 Å². The van der Waals surface area contributed by atoms with Crippen molar-refractivity contribution in [1.29, 1.82) is 0 Å². The predicted molar refractivity (Wildman–Crippen MR) is 61.9 cm³/mol. The van der Waals surface area contributed by atoms with Gasteiger partial charge in [-0.1, -0.05) is 0 Å². The van der Waals surface area contributed by atoms with Crippen LogP contribution in [0.25, 0.3) is 0 Å². The topological polar surface area (TPSA) is 59.4 Å². The van der Waals surface area contributed by atoms with E-state index in [1.165, 1.54) is 18.3 Å². The Hall–Kier alpha value is -2.50. The number of nitrogens with zero attached hydrogens (tertiary/aromatic N) is 1. The van der Waals surface area contributed by atoms with Crippen LogP contribution in [-0.4, -0.2) is 16.1 Å². The minimum absolute atomic E-state index is 0.0414. The quantitative estimate of drug-likeness (QED) is 0.923. The van der Waals surface area contributed by atoms with Gasteiger partial charge in [0.25, 0.3) is 0 Å². The maximum Gasteiger partial charge on any atom is 0.358 e. The molecular weight excluding hydrogens is 256 g/mol. The van der Waals surface area contributed by atoms with E-state index in [0.717, 1.165) is 18.2 Å². The van der Waals surface area contributed by atoms with Crippen LogP contribution in [0.4, 0.5) is 8.78 Å². The summed E-state index contributed by atoms with van der Waals surface area (Å²) in [7, 11) is 0. The first-order valence-corrected chi connectivity index (χ1v) is 5.32. The van der Waals surface area contributed by atoms with Crippen LogP contribution >= 0.6 is 0 Å². The molecule has 2 aromatic rings. The van der Waals surface area contributed by atoms with Crippen LogP contribution in [0.3, 0.4) is 0 Å². The Morgan fingerprint density at radius 2 is 1.95 bits per heavy atom. The van der Waals surface area contributed by atoms with Gasteiger partial charge in [-0.3, -0.25) is 0 Å². The van der Waals surface area contributed by atoms with Gasteiger partial charge in [0.15, 0.2) is 11.4 Å². The molecule has 98 valence electrons. The third-order valence-electron chi connectivity index (χ3n) is 2.29. The molecule has 0 aliphatic rings. The second-order valence-electron chi connectivity index (χ2n) is 3.72. The van der Waals surface area contributed by atoms with Gasteiger partial charge >= 0.3 is 5.97 Å². The number of hydrogen-bond acceptors (Lipinski definition) is 3. The van der Waals surface area contributed by atoms with Crippen molar-refractivity contribution in [2.75, 3.05) is 0 Å². The van der Waals surface area contributed by atoms with Crippen molar-refractivity contribution in [2.24, 2.45) is 0 Å². The molecule has 0 bridgehead atoms. The summed E-state index contributed by atoms with van der Waals surface area (Å²) >= 11 is 0. The zero-order chi connectivity index (χ0) is 13.8. The lowest BCUT2D eigenvalue weighted by Gasteiger charge is -2.08. The van der Waals surface area contributed by atoms with Gasteiger partial charge in [-0.2, -0.15) is 0 Å². The Morgan fingerprint density at radius 3 is 2.58 bits per heavy atom. The summed E-state index contributed by atoms with van der Waals surface area (Å²) in [5.41, 5.74) is 0.0112. The highest BCUT2D eigenvalue weighted by atomic mass is 19.1. The Balaban J connectivity index is 2.16. The fraction of sp³-hybridized carbons (Fsp3) is 0.0769. The number of halogens is 2. The van der Waals surface area contributed by atoms with E-state index >= 15 is 0 Å². The number of carboxylic acid groups (broad SMARTS) is 1. The molecule has 1 aromatic heterocycles. The molecule has 2 rings (SSSR count). The van der Waals surface area contributed by atoms with E-state index in [1.807, 2.05) is 0 Å². The highest BCUT2D eigenvalue weighted by molar-refractivity contribution is 5.88. The number of hydrogen-bond donors (Lipinski definition) is 1. The SMILES string of the molecule is O=C(O)c1ncccc1OCc1cc(F)cc(F)c1. The van der Waals surface area contributed by atoms with Crippen molar-refractivity contribution < 1.29 is 23.4 Å². The second kappa shape index (κ2) is 5.43. The number of carboxylic acids is 1. The van der Waals surface area contributed by atoms with E-state index in [0.29, 0.717) is 0 Å². The molecule has 1 heterocycles. The molecule has 0 aliphatic heterocycles. The van der Waals surface area contributed by atoms with Crippen molar-refractivity contribution in [3.63, 3.8) is 0 Å². The van der Waals surface area contributed by atoms with Gasteiger partial charge < -0.3 is 9.84 Å². The van der Waals surface area contributed by atoms with Gasteiger partial charge in [0, 0.05) is 12.3 Å². The molecule has 0 radical (unpaired) electrons. The number of benzene rings is 1. The van der Waals surface area contributed by atoms with Gasteiger partial charge in [-0.05, 0) is 29.8 Å². The molecule has 4 nitrogen and oxygen atoms in total. The number of ether oxygens (including phenoxy) is 1. The van der Waals surface area contributed by atoms with Crippen molar-refractivity contribution in [3.8, 4) is 5.75 Å². The van der Waals surface area contributed by atoms with Crippen LogP contribution in [0.15, 0.2) is 36.5 Å². The molecule has 0 saturated carbocycles. The minimum Gasteiger partial charge on any atom is -0.486 e. The summed E-state index contributed by atoms with van der Waals surface area (Å²) in [6, 6.07) is 5.90. The summed E-state index contributed by atoms with van der Waals surface area (Å²) in [5, 5.41) is 8.89. The average Bonchev–Trinajstić information content (AvgIpc) is 2.35. The molecular formula is C13H9F2NO3. The van der Waals surface area contributed by atoms with Crippen molar-refractivity contribution in [2.45, 2.75) is 6.61 Å². The van der Waals surface area contributed by atoms with Crippen LogP contribution in [0, 0.1) is 11.6 Å². The Kier molecular flexibility index (Phi) is 3.70. The van der Waals surface area contributed by atoms with Crippen molar-refractivity contribution in [1.82, 2.24) is 4.98 Å². The molecule has 0 fully saturated rings. The summed E-state index contributed by atoms with van der Waals surface area (Å²) in [6.45, 7) is -0.152. The Morgan fingerprint density at radius 1 is 1.26 bits per heavy atom. The normalized spacial score (nSPS) is 10.2. The minimum atomic E-state index is -1.24. The number of pyridine rings is 1. The zero-order valence-electron chi connectivity index (χ0n) is 9.64. The highest BCUT2D eigenvalue weighted by Gasteiger charge is 2.12. The first-order chi connectivity index (χ1) is 9.06. The molecule has 19 heavy (non-hydrogen) atoms. The third kappa shape index (κ3) is 3.25. The largest absolute Gasteiger partial charge is 0.486 e. The predicted octanol–water partition coefficient (Wildman–Crippen LogP) is 2.64. The first kappa shape index (κ1) is 12.9. The maximum absolute atomic E-state index is 13.0. The average molecular weight is 265 g/mol. The number of aromatic carboxylic acids is 1. The number of carbonyl (C=O) groups is 1. The molecule has 0 amide bonds. The summed E-state index contributed by atoms with van der Waals surface area (Å²) in [6.07, 6.45) is 1.32. The zero-order valence-corrected chi connectivity index (χ0v) is 9.64. The first-order valence-electron chi connectivity index (χ1n) is 5.32. The number of aromatic nitrogens is 1. The Labute approximate surface area is 107 Å². The summed E-state index contributed by atoms with van der Waals surface area (Å²) < 4.78 is 31.1. The molecule has 1 N–H and O–H groups in total. The van der Waals surface area contributed by atoms with Gasteiger partial charge in [0.05, 0.1) is 0 Å². The lowest BCUT2D eigenvalue weighted by molar-refractivity contribution is 0.0684. The number of rotatable bonds is 4. The molecule has 0 saturated heterocycles. The van der Waals surface area contributed by atoms with Crippen molar-refractivity contribution >= 4 is 5.97 Å². The highest BCUT2D eigenvalue weighted by Crippen LogP contribution is 2.17. The molecule has 0 aliphatic carbocycles. The molecule has 6 heteroatoms. The lowest BCUT2D eigenvalue weighted by atomic mass is 10.2. The molecule has 0 unspecified atom stereocenters. The van der Waals surface area contributed by atoms with Gasteiger partial charge in [0.1, 0.15) is 18.2 Å². The third-order valence-corrected chi connectivity index (χ3v) is 2.29. The lowest BCUT2D eigenvalue weighted by Crippen LogP contribution is -2.05. The Bertz CT molecular complexity index is 596. The van der Waals surface area contributed by atoms with E-state index in [1.54, 1.807) is 0 Å². The standard InChI is InChI=1S/C13H9F2NO3/c14-9-4-8(5-10(15)6-9)7-19-11-2-1-3-16-12(11)13(17)18/h1-6H,7H2,(H,17,18). The van der Waals surface area contributed by atoms with Gasteiger partial charge in [0.2, 0.25) is 0 Å². The molecule has 1 aromatic carbocycles. The van der Waals surface area contributed by atoms with Crippen LogP contribution in [0.5, 0.6) is 5.75 Å². The molecule has 0 spiro atoms. The van der Waals surface area contributed by atoms with E-state index < -0.39 is 17.6 Å². The fourth-order valence-electron chi connectivity index (χ4n) is 1.52.